The number of aliphatic hydroxyl groups is 1. The molecule has 1 aliphatic rings. The zero-order valence-electron chi connectivity index (χ0n) is 11.7. The van der Waals surface area contributed by atoms with Gasteiger partial charge in [-0.25, -0.2) is 0 Å². The maximum atomic E-state index is 11.9. The molecule has 0 atom stereocenters. The van der Waals surface area contributed by atoms with Crippen molar-refractivity contribution in [2.75, 3.05) is 32.8 Å². The molecule has 0 unspecified atom stereocenters. The first kappa shape index (κ1) is 15.4. The van der Waals surface area contributed by atoms with Gasteiger partial charge in [-0.3, -0.25) is 4.79 Å². The molecule has 1 aliphatic heterocycles. The highest BCUT2D eigenvalue weighted by atomic mass is 16.2. The number of unbranched alkanes of at least 4 members (excludes halogenated alkanes) is 2. The van der Waals surface area contributed by atoms with Crippen LogP contribution in [0.1, 0.15) is 45.4 Å². The first-order valence-electron chi connectivity index (χ1n) is 7.38. The van der Waals surface area contributed by atoms with E-state index in [0.29, 0.717) is 0 Å². The van der Waals surface area contributed by atoms with Crippen molar-refractivity contribution in [3.05, 3.63) is 0 Å². The zero-order valence-corrected chi connectivity index (χ0v) is 11.7. The third-order valence-corrected chi connectivity index (χ3v) is 3.67. The largest absolute Gasteiger partial charge is 0.396 e. The summed E-state index contributed by atoms with van der Waals surface area (Å²) in [4.78, 5) is 14.3. The maximum Gasteiger partial charge on any atom is 0.223 e. The summed E-state index contributed by atoms with van der Waals surface area (Å²) in [6, 6.07) is 0. The van der Waals surface area contributed by atoms with Gasteiger partial charge in [-0.15, -0.1) is 0 Å². The van der Waals surface area contributed by atoms with Gasteiger partial charge >= 0.3 is 0 Å². The molecule has 2 N–H and O–H groups in total. The molecule has 0 aromatic carbocycles. The second-order valence-corrected chi connectivity index (χ2v) is 5.19. The number of amides is 1. The number of aliphatic hydroxyl groups excluding tert-OH is 1. The molecule has 1 saturated heterocycles. The molecular formula is C14H28N2O2. The molecule has 1 rings (SSSR count). The molecule has 18 heavy (non-hydrogen) atoms. The van der Waals surface area contributed by atoms with Gasteiger partial charge in [-0.05, 0) is 51.7 Å². The molecule has 4 nitrogen and oxygen atoms in total. The summed E-state index contributed by atoms with van der Waals surface area (Å²) in [5.41, 5.74) is 0. The normalized spacial score (nSPS) is 17.9. The van der Waals surface area contributed by atoms with Crippen LogP contribution in [0.3, 0.4) is 0 Å². The number of piperidine rings is 1. The third-order valence-electron chi connectivity index (χ3n) is 3.67. The summed E-state index contributed by atoms with van der Waals surface area (Å²) < 4.78 is 0. The SMILES string of the molecule is CCCCNC(=O)C1CCN(CCCCO)CC1. The van der Waals surface area contributed by atoms with Gasteiger partial charge in [0, 0.05) is 19.1 Å². The molecule has 0 spiro atoms. The Morgan fingerprint density at radius 3 is 2.61 bits per heavy atom. The average molecular weight is 256 g/mol. The van der Waals surface area contributed by atoms with Crippen LogP contribution in [0.4, 0.5) is 0 Å². The lowest BCUT2D eigenvalue weighted by Crippen LogP contribution is -2.41. The summed E-state index contributed by atoms with van der Waals surface area (Å²) in [6.07, 6.45) is 6.12. The lowest BCUT2D eigenvalue weighted by molar-refractivity contribution is -0.126. The van der Waals surface area contributed by atoms with Gasteiger partial charge in [0.25, 0.3) is 0 Å². The highest BCUT2D eigenvalue weighted by Crippen LogP contribution is 2.17. The van der Waals surface area contributed by atoms with Gasteiger partial charge in [0.05, 0.1) is 0 Å². The Hall–Kier alpha value is -0.610. The Balaban J connectivity index is 2.12. The second-order valence-electron chi connectivity index (χ2n) is 5.19. The number of hydrogen-bond donors (Lipinski definition) is 2. The van der Waals surface area contributed by atoms with E-state index in [1.165, 1.54) is 0 Å². The number of likely N-dealkylation sites (tertiary alicyclic amines) is 1. The van der Waals surface area contributed by atoms with Crippen molar-refractivity contribution >= 4 is 5.91 Å². The Labute approximate surface area is 111 Å². The van der Waals surface area contributed by atoms with E-state index in [2.05, 4.69) is 17.1 Å². The van der Waals surface area contributed by atoms with Crippen LogP contribution in [0.2, 0.25) is 0 Å². The smallest absolute Gasteiger partial charge is 0.223 e. The summed E-state index contributed by atoms with van der Waals surface area (Å²) in [5, 5.41) is 11.8. The number of nitrogens with one attached hydrogen (secondary N) is 1. The Morgan fingerprint density at radius 1 is 1.28 bits per heavy atom. The zero-order chi connectivity index (χ0) is 13.2. The number of carbonyl (C=O) groups is 1. The van der Waals surface area contributed by atoms with Gasteiger partial charge in [0.1, 0.15) is 0 Å². The van der Waals surface area contributed by atoms with Crippen LogP contribution >= 0.6 is 0 Å². The van der Waals surface area contributed by atoms with Gasteiger partial charge in [0.15, 0.2) is 0 Å². The van der Waals surface area contributed by atoms with Gasteiger partial charge in [-0.1, -0.05) is 13.3 Å². The Bertz CT molecular complexity index is 226. The Kier molecular flexibility index (Phi) is 8.01. The fraction of sp³-hybridized carbons (Fsp3) is 0.929. The summed E-state index contributed by atoms with van der Waals surface area (Å²) in [5.74, 6) is 0.467. The quantitative estimate of drug-likeness (QED) is 0.645. The number of carbonyl (C=O) groups excluding carboxylic acids is 1. The summed E-state index contributed by atoms with van der Waals surface area (Å²) in [7, 11) is 0. The minimum atomic E-state index is 0.218. The fourth-order valence-electron chi connectivity index (χ4n) is 2.40. The predicted octanol–water partition coefficient (Wildman–Crippen LogP) is 1.39. The van der Waals surface area contributed by atoms with Crippen LogP contribution in [0.25, 0.3) is 0 Å². The highest BCUT2D eigenvalue weighted by molar-refractivity contribution is 5.78. The molecule has 1 heterocycles. The van der Waals surface area contributed by atoms with Crippen molar-refractivity contribution in [2.45, 2.75) is 45.4 Å². The van der Waals surface area contributed by atoms with Crippen LogP contribution in [0.15, 0.2) is 0 Å². The van der Waals surface area contributed by atoms with Gasteiger partial charge in [-0.2, -0.15) is 0 Å². The first-order chi connectivity index (χ1) is 8.77. The van der Waals surface area contributed by atoms with Crippen molar-refractivity contribution in [3.8, 4) is 0 Å². The van der Waals surface area contributed by atoms with E-state index in [1.807, 2.05) is 0 Å². The average Bonchev–Trinajstić information content (AvgIpc) is 2.40. The van der Waals surface area contributed by atoms with Crippen molar-refractivity contribution in [2.24, 2.45) is 5.92 Å². The lowest BCUT2D eigenvalue weighted by Gasteiger charge is -2.31. The molecule has 1 amide bonds. The fourth-order valence-corrected chi connectivity index (χ4v) is 2.40. The van der Waals surface area contributed by atoms with Crippen molar-refractivity contribution in [3.63, 3.8) is 0 Å². The van der Waals surface area contributed by atoms with Gasteiger partial charge < -0.3 is 15.3 Å². The molecule has 106 valence electrons. The monoisotopic (exact) mass is 256 g/mol. The maximum absolute atomic E-state index is 11.9. The van der Waals surface area contributed by atoms with E-state index in [1.54, 1.807) is 0 Å². The van der Waals surface area contributed by atoms with Crippen LogP contribution < -0.4 is 5.32 Å². The minimum absolute atomic E-state index is 0.218. The first-order valence-corrected chi connectivity index (χ1v) is 7.38. The topological polar surface area (TPSA) is 52.6 Å². The second kappa shape index (κ2) is 9.34. The van der Waals surface area contributed by atoms with Crippen LogP contribution in [0, 0.1) is 5.92 Å². The lowest BCUT2D eigenvalue weighted by atomic mass is 9.95. The van der Waals surface area contributed by atoms with Crippen LogP contribution in [-0.4, -0.2) is 48.7 Å². The van der Waals surface area contributed by atoms with Gasteiger partial charge in [0.2, 0.25) is 5.91 Å². The van der Waals surface area contributed by atoms with E-state index in [-0.39, 0.29) is 18.4 Å². The molecule has 0 aromatic rings. The molecule has 0 aliphatic carbocycles. The molecule has 1 fully saturated rings. The third kappa shape index (κ3) is 5.83. The van der Waals surface area contributed by atoms with Crippen molar-refractivity contribution < 1.29 is 9.90 Å². The van der Waals surface area contributed by atoms with Crippen molar-refractivity contribution in [1.29, 1.82) is 0 Å². The number of rotatable bonds is 8. The van der Waals surface area contributed by atoms with Crippen LogP contribution in [-0.2, 0) is 4.79 Å². The Morgan fingerprint density at radius 2 is 2.00 bits per heavy atom. The standard InChI is InChI=1S/C14H28N2O2/c1-2-3-8-15-14(18)13-6-10-16(11-7-13)9-4-5-12-17/h13,17H,2-12H2,1H3,(H,15,18). The van der Waals surface area contributed by atoms with E-state index < -0.39 is 0 Å². The molecule has 0 saturated carbocycles. The van der Waals surface area contributed by atoms with Crippen LogP contribution in [0.5, 0.6) is 0 Å². The van der Waals surface area contributed by atoms with E-state index in [0.717, 1.165) is 64.7 Å². The predicted molar refractivity (Wildman–Crippen MR) is 73.4 cm³/mol. The molecule has 0 radical (unpaired) electrons. The summed E-state index contributed by atoms with van der Waals surface area (Å²) >= 11 is 0. The summed E-state index contributed by atoms with van der Waals surface area (Å²) in [6.45, 7) is 6.36. The molecule has 4 heteroatoms. The molecule has 0 aromatic heterocycles. The number of nitrogens with zero attached hydrogens (tertiary/aromatic N) is 1. The minimum Gasteiger partial charge on any atom is -0.396 e. The van der Waals surface area contributed by atoms with Crippen molar-refractivity contribution in [1.82, 2.24) is 10.2 Å². The van der Waals surface area contributed by atoms with E-state index >= 15 is 0 Å². The molecule has 0 bridgehead atoms. The molecular weight excluding hydrogens is 228 g/mol. The number of hydrogen-bond acceptors (Lipinski definition) is 3. The van der Waals surface area contributed by atoms with E-state index in [9.17, 15) is 4.79 Å². The van der Waals surface area contributed by atoms with E-state index in [4.69, 9.17) is 5.11 Å². The highest BCUT2D eigenvalue weighted by Gasteiger charge is 2.24.